The largest absolute Gasteiger partial charge is 0.466 e. The lowest BCUT2D eigenvalue weighted by molar-refractivity contribution is -0.151. The average molecular weight is 451 g/mol. The number of carbonyl (C=O) groups excluding carboxylic acids is 2. The van der Waals surface area contributed by atoms with Gasteiger partial charge in [0.2, 0.25) is 0 Å². The molecule has 0 radical (unpaired) electrons. The van der Waals surface area contributed by atoms with E-state index in [-0.39, 0.29) is 24.8 Å². The van der Waals surface area contributed by atoms with Crippen LogP contribution in [0.4, 0.5) is 0 Å². The molecule has 0 saturated carbocycles. The van der Waals surface area contributed by atoms with Crippen molar-refractivity contribution in [1.82, 2.24) is 0 Å². The van der Waals surface area contributed by atoms with Crippen molar-refractivity contribution in [2.45, 2.75) is 135 Å². The van der Waals surface area contributed by atoms with E-state index >= 15 is 0 Å². The summed E-state index contributed by atoms with van der Waals surface area (Å²) < 4.78 is 10.5. The molecule has 1 aliphatic carbocycles. The monoisotopic (exact) mass is 450 g/mol. The summed E-state index contributed by atoms with van der Waals surface area (Å²) in [4.78, 5) is 23.5. The standard InChI is InChI=1S/C28H50O4/c1-2-3-4-5-6-7-8-9-10-11-12-13-14-15-19-24-31-27(29)22-23-28(30)32-25-26-20-17-16-18-21-26/h17,20,26H,2-16,18-19,21-25H2,1H3. The summed E-state index contributed by atoms with van der Waals surface area (Å²) in [6.45, 7) is 3.18. The fourth-order valence-electron chi connectivity index (χ4n) is 4.23. The lowest BCUT2D eigenvalue weighted by Crippen LogP contribution is -2.15. The normalized spacial score (nSPS) is 15.6. The molecule has 0 amide bonds. The van der Waals surface area contributed by atoms with Crippen LogP contribution < -0.4 is 0 Å². The van der Waals surface area contributed by atoms with Gasteiger partial charge in [0.05, 0.1) is 26.1 Å². The molecular weight excluding hydrogens is 400 g/mol. The maximum atomic E-state index is 11.8. The van der Waals surface area contributed by atoms with E-state index in [0.717, 1.165) is 32.1 Å². The van der Waals surface area contributed by atoms with Gasteiger partial charge >= 0.3 is 11.9 Å². The molecule has 0 aromatic rings. The molecule has 4 nitrogen and oxygen atoms in total. The van der Waals surface area contributed by atoms with Gasteiger partial charge in [0.25, 0.3) is 0 Å². The van der Waals surface area contributed by atoms with E-state index in [2.05, 4.69) is 19.1 Å². The maximum absolute atomic E-state index is 11.8. The van der Waals surface area contributed by atoms with Crippen LogP contribution in [-0.4, -0.2) is 25.2 Å². The third-order valence-electron chi connectivity index (χ3n) is 6.36. The summed E-state index contributed by atoms with van der Waals surface area (Å²) >= 11 is 0. The van der Waals surface area contributed by atoms with Crippen LogP contribution in [-0.2, 0) is 19.1 Å². The zero-order valence-electron chi connectivity index (χ0n) is 20.9. The highest BCUT2D eigenvalue weighted by molar-refractivity contribution is 5.77. The van der Waals surface area contributed by atoms with Gasteiger partial charge in [0, 0.05) is 5.92 Å². The van der Waals surface area contributed by atoms with Crippen molar-refractivity contribution in [3.8, 4) is 0 Å². The Hall–Kier alpha value is -1.32. The Kier molecular flexibility index (Phi) is 19.3. The van der Waals surface area contributed by atoms with Crippen LogP contribution in [0.3, 0.4) is 0 Å². The molecule has 186 valence electrons. The highest BCUT2D eigenvalue weighted by atomic mass is 16.5. The molecule has 1 atom stereocenters. The maximum Gasteiger partial charge on any atom is 0.306 e. The van der Waals surface area contributed by atoms with Crippen molar-refractivity contribution >= 4 is 11.9 Å². The Balaban J connectivity index is 1.78. The Morgan fingerprint density at radius 1 is 0.719 bits per heavy atom. The second-order valence-corrected chi connectivity index (χ2v) is 9.47. The summed E-state index contributed by atoms with van der Waals surface area (Å²) in [5.41, 5.74) is 0. The number of esters is 2. The highest BCUT2D eigenvalue weighted by Gasteiger charge is 2.13. The Bertz CT molecular complexity index is 486. The van der Waals surface area contributed by atoms with E-state index in [9.17, 15) is 9.59 Å². The Morgan fingerprint density at radius 3 is 1.72 bits per heavy atom. The first-order valence-electron chi connectivity index (χ1n) is 13.7. The third kappa shape index (κ3) is 18.3. The number of rotatable bonds is 21. The van der Waals surface area contributed by atoms with Crippen molar-refractivity contribution in [2.24, 2.45) is 5.92 Å². The lowest BCUT2D eigenvalue weighted by Gasteiger charge is -2.15. The van der Waals surface area contributed by atoms with E-state index in [4.69, 9.17) is 9.47 Å². The van der Waals surface area contributed by atoms with Gasteiger partial charge in [-0.1, -0.05) is 109 Å². The van der Waals surface area contributed by atoms with Gasteiger partial charge in [-0.2, -0.15) is 0 Å². The van der Waals surface area contributed by atoms with E-state index in [0.29, 0.717) is 19.1 Å². The summed E-state index contributed by atoms with van der Waals surface area (Å²) in [5.74, 6) is -0.248. The number of carbonyl (C=O) groups is 2. The molecule has 0 bridgehead atoms. The van der Waals surface area contributed by atoms with Gasteiger partial charge in [-0.25, -0.2) is 0 Å². The topological polar surface area (TPSA) is 52.6 Å². The average Bonchev–Trinajstić information content (AvgIpc) is 2.81. The molecule has 0 aliphatic heterocycles. The predicted octanol–water partition coefficient (Wildman–Crippen LogP) is 8.08. The van der Waals surface area contributed by atoms with Crippen molar-refractivity contribution < 1.29 is 19.1 Å². The molecule has 32 heavy (non-hydrogen) atoms. The van der Waals surface area contributed by atoms with Crippen LogP contribution in [0.25, 0.3) is 0 Å². The minimum Gasteiger partial charge on any atom is -0.466 e. The summed E-state index contributed by atoms with van der Waals surface area (Å²) in [5, 5.41) is 0. The number of hydrogen-bond acceptors (Lipinski definition) is 4. The van der Waals surface area contributed by atoms with Gasteiger partial charge in [-0.05, 0) is 25.7 Å². The number of allylic oxidation sites excluding steroid dienone is 1. The summed E-state index contributed by atoms with van der Waals surface area (Å²) in [7, 11) is 0. The zero-order chi connectivity index (χ0) is 23.1. The number of unbranched alkanes of at least 4 members (excludes halogenated alkanes) is 14. The highest BCUT2D eigenvalue weighted by Crippen LogP contribution is 2.17. The smallest absolute Gasteiger partial charge is 0.306 e. The first-order valence-corrected chi connectivity index (χ1v) is 13.7. The van der Waals surface area contributed by atoms with Crippen molar-refractivity contribution in [3.63, 3.8) is 0 Å². The third-order valence-corrected chi connectivity index (χ3v) is 6.36. The summed E-state index contributed by atoms with van der Waals surface area (Å²) in [6.07, 6.45) is 27.7. The molecule has 0 N–H and O–H groups in total. The Labute approximate surface area is 197 Å². The summed E-state index contributed by atoms with van der Waals surface area (Å²) in [6, 6.07) is 0. The second kappa shape index (κ2) is 21.5. The molecule has 0 heterocycles. The molecule has 1 aliphatic rings. The molecule has 0 fully saturated rings. The van der Waals surface area contributed by atoms with Gasteiger partial charge in [0.1, 0.15) is 0 Å². The molecule has 0 saturated heterocycles. The minimum atomic E-state index is -0.298. The molecule has 0 aromatic carbocycles. The van der Waals surface area contributed by atoms with Crippen LogP contribution in [0.15, 0.2) is 12.2 Å². The fourth-order valence-corrected chi connectivity index (χ4v) is 4.23. The van der Waals surface area contributed by atoms with Crippen LogP contribution >= 0.6 is 0 Å². The quantitative estimate of drug-likeness (QED) is 0.101. The van der Waals surface area contributed by atoms with Gasteiger partial charge in [0.15, 0.2) is 0 Å². The van der Waals surface area contributed by atoms with Crippen molar-refractivity contribution in [2.75, 3.05) is 13.2 Å². The first kappa shape index (κ1) is 28.7. The van der Waals surface area contributed by atoms with E-state index < -0.39 is 0 Å². The van der Waals surface area contributed by atoms with Crippen molar-refractivity contribution in [3.05, 3.63) is 12.2 Å². The molecule has 1 rings (SSSR count). The number of hydrogen-bond donors (Lipinski definition) is 0. The molecule has 0 spiro atoms. The van der Waals surface area contributed by atoms with Crippen LogP contribution in [0.2, 0.25) is 0 Å². The van der Waals surface area contributed by atoms with Gasteiger partial charge in [-0.3, -0.25) is 9.59 Å². The fraction of sp³-hybridized carbons (Fsp3) is 0.857. The second-order valence-electron chi connectivity index (χ2n) is 9.47. The van der Waals surface area contributed by atoms with Crippen molar-refractivity contribution in [1.29, 1.82) is 0 Å². The van der Waals surface area contributed by atoms with Crippen LogP contribution in [0, 0.1) is 5.92 Å². The van der Waals surface area contributed by atoms with E-state index in [1.807, 2.05) is 0 Å². The molecular formula is C28H50O4. The van der Waals surface area contributed by atoms with Gasteiger partial charge in [-0.15, -0.1) is 0 Å². The molecule has 1 unspecified atom stereocenters. The Morgan fingerprint density at radius 2 is 1.22 bits per heavy atom. The predicted molar refractivity (Wildman–Crippen MR) is 133 cm³/mol. The van der Waals surface area contributed by atoms with E-state index in [1.165, 1.54) is 83.5 Å². The van der Waals surface area contributed by atoms with Crippen LogP contribution in [0.5, 0.6) is 0 Å². The lowest BCUT2D eigenvalue weighted by atomic mass is 9.97. The SMILES string of the molecule is CCCCCCCCCCCCCCCCCOC(=O)CCC(=O)OCC1C=CCCC1. The van der Waals surface area contributed by atoms with Crippen LogP contribution in [0.1, 0.15) is 135 Å². The molecule has 0 aromatic heterocycles. The number of ether oxygens (including phenoxy) is 2. The van der Waals surface area contributed by atoms with E-state index in [1.54, 1.807) is 0 Å². The minimum absolute atomic E-state index is 0.119. The zero-order valence-corrected chi connectivity index (χ0v) is 20.9. The first-order chi connectivity index (χ1) is 15.7. The molecule has 4 heteroatoms. The van der Waals surface area contributed by atoms with Gasteiger partial charge < -0.3 is 9.47 Å².